The van der Waals surface area contributed by atoms with Gasteiger partial charge in [-0.2, -0.15) is 14.8 Å². The number of carbonyl (C=O) groups is 1. The molecule has 0 spiro atoms. The standard InChI is InChI=1S/C6H10N2O5S/c1-10-12-4-7-5(14-3)8-6(9)13-11-2/h4H,1-3H3. The lowest BCUT2D eigenvalue weighted by Crippen LogP contribution is -2.01. The van der Waals surface area contributed by atoms with Crippen molar-refractivity contribution in [3.8, 4) is 0 Å². The summed E-state index contributed by atoms with van der Waals surface area (Å²) in [6, 6.07) is 0. The van der Waals surface area contributed by atoms with E-state index in [4.69, 9.17) is 0 Å². The molecule has 0 radical (unpaired) electrons. The van der Waals surface area contributed by atoms with E-state index < -0.39 is 6.09 Å². The van der Waals surface area contributed by atoms with Crippen molar-refractivity contribution in [1.82, 2.24) is 0 Å². The first kappa shape index (κ1) is 12.9. The number of rotatable bonds is 3. The smallest absolute Gasteiger partial charge is 0.325 e. The van der Waals surface area contributed by atoms with Gasteiger partial charge in [-0.15, -0.1) is 4.99 Å². The van der Waals surface area contributed by atoms with Gasteiger partial charge >= 0.3 is 6.09 Å². The van der Waals surface area contributed by atoms with Gasteiger partial charge in [-0.25, -0.2) is 4.79 Å². The molecule has 0 aromatic heterocycles. The summed E-state index contributed by atoms with van der Waals surface area (Å²) >= 11 is 1.13. The SMILES string of the molecule is COOC=NC(=NC(=O)OOC)SC. The first-order valence-electron chi connectivity index (χ1n) is 3.34. The molecule has 0 N–H and O–H groups in total. The molecule has 0 unspecified atom stereocenters. The van der Waals surface area contributed by atoms with Gasteiger partial charge in [0.25, 0.3) is 0 Å². The summed E-state index contributed by atoms with van der Waals surface area (Å²) in [6.07, 6.45) is 1.78. The van der Waals surface area contributed by atoms with Crippen LogP contribution in [0.15, 0.2) is 9.98 Å². The number of aliphatic imine (C=N–C) groups is 2. The molecule has 0 aromatic carbocycles. The lowest BCUT2D eigenvalue weighted by atomic mass is 11.1. The molecule has 7 nitrogen and oxygen atoms in total. The average Bonchev–Trinajstić information content (AvgIpc) is 2.17. The number of nitrogens with zero attached hydrogens (tertiary/aromatic N) is 2. The van der Waals surface area contributed by atoms with Gasteiger partial charge in [-0.3, -0.25) is 4.89 Å². The predicted octanol–water partition coefficient (Wildman–Crippen LogP) is 1.01. The highest BCUT2D eigenvalue weighted by molar-refractivity contribution is 8.13. The number of carbonyl (C=O) groups excluding carboxylic acids is 1. The summed E-state index contributed by atoms with van der Waals surface area (Å²) in [5, 5.41) is 0.157. The van der Waals surface area contributed by atoms with Crippen molar-refractivity contribution in [2.45, 2.75) is 0 Å². The molecule has 14 heavy (non-hydrogen) atoms. The van der Waals surface area contributed by atoms with E-state index in [0.717, 1.165) is 18.2 Å². The molecular weight excluding hydrogens is 212 g/mol. The van der Waals surface area contributed by atoms with E-state index in [0.29, 0.717) is 0 Å². The molecular formula is C6H10N2O5S. The fraction of sp³-hybridized carbons (Fsp3) is 0.500. The van der Waals surface area contributed by atoms with E-state index in [-0.39, 0.29) is 5.17 Å². The highest BCUT2D eigenvalue weighted by Gasteiger charge is 2.02. The number of hydrogen-bond donors (Lipinski definition) is 0. The topological polar surface area (TPSA) is 78.7 Å². The Morgan fingerprint density at radius 2 is 2.07 bits per heavy atom. The second-order valence-electron chi connectivity index (χ2n) is 1.61. The van der Waals surface area contributed by atoms with E-state index in [1.807, 2.05) is 0 Å². The summed E-state index contributed by atoms with van der Waals surface area (Å²) in [6.45, 7) is 0. The van der Waals surface area contributed by atoms with Crippen molar-refractivity contribution in [3.05, 3.63) is 0 Å². The molecule has 8 heteroatoms. The molecule has 0 aliphatic carbocycles. The zero-order valence-corrected chi connectivity index (χ0v) is 8.74. The fourth-order valence-corrected chi connectivity index (χ4v) is 0.719. The van der Waals surface area contributed by atoms with Gasteiger partial charge in [0.15, 0.2) is 5.17 Å². The minimum absolute atomic E-state index is 0.157. The van der Waals surface area contributed by atoms with Gasteiger partial charge in [0.1, 0.15) is 0 Å². The molecule has 0 saturated carbocycles. The maximum absolute atomic E-state index is 10.8. The average molecular weight is 222 g/mol. The third-order valence-electron chi connectivity index (χ3n) is 0.827. The molecule has 0 fully saturated rings. The Hall–Kier alpha value is -1.12. The quantitative estimate of drug-likeness (QED) is 0.307. The molecule has 0 aliphatic rings. The molecule has 0 atom stereocenters. The van der Waals surface area contributed by atoms with E-state index in [9.17, 15) is 4.79 Å². The molecule has 0 heterocycles. The van der Waals surface area contributed by atoms with Crippen LogP contribution in [0.2, 0.25) is 0 Å². The molecule has 1 amide bonds. The number of thioether (sulfide) groups is 1. The Balaban J connectivity index is 4.17. The van der Waals surface area contributed by atoms with Crippen LogP contribution in [0.5, 0.6) is 0 Å². The van der Waals surface area contributed by atoms with Crippen LogP contribution in [-0.4, -0.2) is 38.1 Å². The van der Waals surface area contributed by atoms with Crippen LogP contribution in [0.3, 0.4) is 0 Å². The van der Waals surface area contributed by atoms with Crippen molar-refractivity contribution >= 4 is 29.4 Å². The van der Waals surface area contributed by atoms with E-state index in [1.54, 1.807) is 6.26 Å². The predicted molar refractivity (Wildman–Crippen MR) is 51.0 cm³/mol. The summed E-state index contributed by atoms with van der Waals surface area (Å²) in [4.78, 5) is 34.6. The normalized spacial score (nSPS) is 11.8. The summed E-state index contributed by atoms with van der Waals surface area (Å²) < 4.78 is 0. The zero-order chi connectivity index (χ0) is 10.8. The number of amides is 1. The Morgan fingerprint density at radius 3 is 2.57 bits per heavy atom. The second kappa shape index (κ2) is 8.48. The molecule has 80 valence electrons. The van der Waals surface area contributed by atoms with Gasteiger partial charge in [0.05, 0.1) is 14.2 Å². The monoisotopic (exact) mass is 222 g/mol. The minimum Gasteiger partial charge on any atom is -0.325 e. The molecule has 0 rings (SSSR count). The van der Waals surface area contributed by atoms with E-state index in [1.165, 1.54) is 14.2 Å². The van der Waals surface area contributed by atoms with Gasteiger partial charge in [0.2, 0.25) is 6.40 Å². The minimum atomic E-state index is -0.897. The van der Waals surface area contributed by atoms with Crippen LogP contribution < -0.4 is 0 Å². The second-order valence-corrected chi connectivity index (χ2v) is 2.39. The van der Waals surface area contributed by atoms with Gasteiger partial charge in [0, 0.05) is 0 Å². The van der Waals surface area contributed by atoms with Gasteiger partial charge in [-0.05, 0) is 6.26 Å². The zero-order valence-electron chi connectivity index (χ0n) is 7.92. The Bertz CT molecular complexity index is 230. The van der Waals surface area contributed by atoms with E-state index in [2.05, 4.69) is 29.5 Å². The third kappa shape index (κ3) is 6.40. The Kier molecular flexibility index (Phi) is 7.80. The molecule has 0 aromatic rings. The third-order valence-corrected chi connectivity index (χ3v) is 1.39. The summed E-state index contributed by atoms with van der Waals surface area (Å²) in [5.41, 5.74) is 0. The highest BCUT2D eigenvalue weighted by atomic mass is 32.2. The molecule has 0 saturated heterocycles. The maximum atomic E-state index is 10.8. The summed E-state index contributed by atoms with van der Waals surface area (Å²) in [5.74, 6) is 0. The van der Waals surface area contributed by atoms with Crippen molar-refractivity contribution in [2.75, 3.05) is 20.5 Å². The number of amidine groups is 1. The largest absolute Gasteiger partial charge is 0.467 e. The lowest BCUT2D eigenvalue weighted by Gasteiger charge is -1.95. The Morgan fingerprint density at radius 1 is 1.36 bits per heavy atom. The van der Waals surface area contributed by atoms with Crippen LogP contribution in [0.25, 0.3) is 0 Å². The number of hydrogen-bond acceptors (Lipinski definition) is 6. The van der Waals surface area contributed by atoms with Crippen molar-refractivity contribution < 1.29 is 24.3 Å². The van der Waals surface area contributed by atoms with Crippen LogP contribution in [0.1, 0.15) is 0 Å². The molecule has 0 aliphatic heterocycles. The first-order valence-corrected chi connectivity index (χ1v) is 4.56. The van der Waals surface area contributed by atoms with Crippen molar-refractivity contribution in [1.29, 1.82) is 0 Å². The van der Waals surface area contributed by atoms with Crippen LogP contribution in [0.4, 0.5) is 4.79 Å². The van der Waals surface area contributed by atoms with E-state index >= 15 is 0 Å². The lowest BCUT2D eigenvalue weighted by molar-refractivity contribution is -0.210. The van der Waals surface area contributed by atoms with Crippen molar-refractivity contribution in [3.63, 3.8) is 0 Å². The van der Waals surface area contributed by atoms with Crippen molar-refractivity contribution in [2.24, 2.45) is 9.98 Å². The van der Waals surface area contributed by atoms with Crippen LogP contribution in [-0.2, 0) is 19.6 Å². The Labute approximate surface area is 85.0 Å². The van der Waals surface area contributed by atoms with Crippen LogP contribution in [0, 0.1) is 0 Å². The fourth-order valence-electron chi connectivity index (χ4n) is 0.405. The maximum Gasteiger partial charge on any atom is 0.467 e. The molecule has 0 bridgehead atoms. The van der Waals surface area contributed by atoms with Gasteiger partial charge < -0.3 is 4.89 Å². The van der Waals surface area contributed by atoms with Crippen LogP contribution >= 0.6 is 11.8 Å². The summed E-state index contributed by atoms with van der Waals surface area (Å²) in [7, 11) is 2.52. The van der Waals surface area contributed by atoms with Gasteiger partial charge in [-0.1, -0.05) is 11.8 Å². The first-order chi connectivity index (χ1) is 6.74. The highest BCUT2D eigenvalue weighted by Crippen LogP contribution is 2.00.